The molecule has 0 aliphatic rings. The number of phenols is 2. The topological polar surface area (TPSA) is 93.1 Å². The van der Waals surface area contributed by atoms with E-state index in [1.54, 1.807) is 0 Å². The minimum absolute atomic E-state index is 0.147. The van der Waals surface area contributed by atoms with Gasteiger partial charge in [-0.15, -0.1) is 0 Å². The summed E-state index contributed by atoms with van der Waals surface area (Å²) in [5.74, 6) is 0.361. The molecule has 2 N–H and O–H groups in total. The first-order valence-corrected chi connectivity index (χ1v) is 15.4. The molecule has 43 heavy (non-hydrogen) atoms. The van der Waals surface area contributed by atoms with Gasteiger partial charge in [0, 0.05) is 12.8 Å². The number of phenolic OH excluding ortho intramolecular Hbond substituents is 2. The molecule has 0 heterocycles. The van der Waals surface area contributed by atoms with Gasteiger partial charge in [-0.25, -0.2) is 0 Å². The highest BCUT2D eigenvalue weighted by molar-refractivity contribution is 5.70. The molecule has 2 aromatic carbocycles. The van der Waals surface area contributed by atoms with E-state index in [-0.39, 0.29) is 33.6 Å². The predicted octanol–water partition coefficient (Wildman–Crippen LogP) is 8.58. The summed E-state index contributed by atoms with van der Waals surface area (Å²) in [6, 6.07) is 8.05. The maximum absolute atomic E-state index is 11.6. The minimum atomic E-state index is -0.210. The first-order valence-electron chi connectivity index (χ1n) is 15.4. The average Bonchev–Trinajstić information content (AvgIpc) is 2.85. The molecular formula is C37H58O6. The number of carbonyl (C=O) groups is 2. The van der Waals surface area contributed by atoms with E-state index in [9.17, 15) is 19.8 Å². The lowest BCUT2D eigenvalue weighted by atomic mass is 9.78. The lowest BCUT2D eigenvalue weighted by Crippen LogP contribution is -2.18. The third kappa shape index (κ3) is 11.5. The van der Waals surface area contributed by atoms with E-state index in [0.29, 0.717) is 43.8 Å². The van der Waals surface area contributed by atoms with Gasteiger partial charge in [0.25, 0.3) is 0 Å². The molecule has 0 radical (unpaired) electrons. The number of esters is 2. The first kappa shape index (κ1) is 38.0. The Morgan fingerprint density at radius 1 is 0.581 bits per heavy atom. The molecule has 6 heteroatoms. The Morgan fingerprint density at radius 2 is 0.860 bits per heavy atom. The minimum Gasteiger partial charge on any atom is -0.507 e. The number of aromatic hydroxyl groups is 2. The molecule has 0 saturated heterocycles. The van der Waals surface area contributed by atoms with Crippen LogP contribution in [0.2, 0.25) is 0 Å². The smallest absolute Gasteiger partial charge is 0.306 e. The Balaban J connectivity index is 0.000000430. The predicted molar refractivity (Wildman–Crippen MR) is 176 cm³/mol. The molecule has 242 valence electrons. The molecule has 0 fully saturated rings. The summed E-state index contributed by atoms with van der Waals surface area (Å²) in [5.41, 5.74) is 5.25. The SMILES string of the molecule is CCOC(=O)CCc1cc(C(C)(C)C)c(O)c(C(C)(C)C)c1.COC(=O)CCc1cc(C(C)(C)C)c(O)c(C(C)(C)C)c1. The second-order valence-corrected chi connectivity index (χ2v) is 15.5. The molecule has 0 spiro atoms. The van der Waals surface area contributed by atoms with Crippen molar-refractivity contribution in [3.8, 4) is 11.5 Å². The summed E-state index contributed by atoms with van der Waals surface area (Å²) in [5, 5.41) is 21.3. The third-order valence-corrected chi connectivity index (χ3v) is 7.34. The average molecular weight is 599 g/mol. The highest BCUT2D eigenvalue weighted by Gasteiger charge is 2.28. The zero-order chi connectivity index (χ0) is 33.6. The first-order chi connectivity index (χ1) is 19.4. The number of aryl methyl sites for hydroxylation is 2. The van der Waals surface area contributed by atoms with Gasteiger partial charge in [0.05, 0.1) is 13.7 Å². The highest BCUT2D eigenvalue weighted by Crippen LogP contribution is 2.41. The van der Waals surface area contributed by atoms with Crippen molar-refractivity contribution in [2.45, 2.75) is 137 Å². The normalized spacial score (nSPS) is 12.3. The van der Waals surface area contributed by atoms with Crippen LogP contribution in [0.15, 0.2) is 24.3 Å². The fourth-order valence-electron chi connectivity index (χ4n) is 4.79. The third-order valence-electron chi connectivity index (χ3n) is 7.34. The Bertz CT molecular complexity index is 1170. The van der Waals surface area contributed by atoms with Gasteiger partial charge in [0.2, 0.25) is 0 Å². The molecular weight excluding hydrogens is 540 g/mol. The van der Waals surface area contributed by atoms with E-state index in [2.05, 4.69) is 83.1 Å². The number of methoxy groups -OCH3 is 1. The van der Waals surface area contributed by atoms with Crippen LogP contribution in [0.25, 0.3) is 0 Å². The molecule has 0 amide bonds. The van der Waals surface area contributed by atoms with Gasteiger partial charge in [0.15, 0.2) is 0 Å². The fourth-order valence-corrected chi connectivity index (χ4v) is 4.79. The monoisotopic (exact) mass is 598 g/mol. The van der Waals surface area contributed by atoms with E-state index in [1.807, 2.05) is 31.2 Å². The molecule has 6 nitrogen and oxygen atoms in total. The summed E-state index contributed by atoms with van der Waals surface area (Å²) in [6.07, 6.45) is 1.98. The van der Waals surface area contributed by atoms with Gasteiger partial charge in [-0.1, -0.05) is 107 Å². The lowest BCUT2D eigenvalue weighted by molar-refractivity contribution is -0.143. The van der Waals surface area contributed by atoms with E-state index >= 15 is 0 Å². The van der Waals surface area contributed by atoms with Crippen LogP contribution in [0.1, 0.15) is 136 Å². The van der Waals surface area contributed by atoms with Crippen molar-refractivity contribution in [2.24, 2.45) is 0 Å². The molecule has 0 atom stereocenters. The van der Waals surface area contributed by atoms with E-state index in [0.717, 1.165) is 33.4 Å². The number of benzene rings is 2. The number of ether oxygens (including phenoxy) is 2. The van der Waals surface area contributed by atoms with E-state index in [4.69, 9.17) is 9.47 Å². The van der Waals surface area contributed by atoms with Crippen LogP contribution < -0.4 is 0 Å². The molecule has 0 aliphatic heterocycles. The maximum Gasteiger partial charge on any atom is 0.306 e. The largest absolute Gasteiger partial charge is 0.507 e. The number of carbonyl (C=O) groups excluding carboxylic acids is 2. The summed E-state index contributed by atoms with van der Waals surface area (Å²) >= 11 is 0. The van der Waals surface area contributed by atoms with Crippen molar-refractivity contribution in [2.75, 3.05) is 13.7 Å². The van der Waals surface area contributed by atoms with Gasteiger partial charge < -0.3 is 19.7 Å². The molecule has 2 aromatic rings. The van der Waals surface area contributed by atoms with Crippen LogP contribution in [0, 0.1) is 0 Å². The van der Waals surface area contributed by atoms with Crippen LogP contribution in [-0.4, -0.2) is 35.9 Å². The van der Waals surface area contributed by atoms with Crippen molar-refractivity contribution >= 4 is 11.9 Å². The van der Waals surface area contributed by atoms with Crippen LogP contribution in [0.5, 0.6) is 11.5 Å². The van der Waals surface area contributed by atoms with Gasteiger partial charge in [-0.3, -0.25) is 9.59 Å². The second kappa shape index (κ2) is 14.6. The summed E-state index contributed by atoms with van der Waals surface area (Å²) in [4.78, 5) is 22.9. The molecule has 0 aromatic heterocycles. The van der Waals surface area contributed by atoms with Crippen LogP contribution >= 0.6 is 0 Å². The van der Waals surface area contributed by atoms with Crippen molar-refractivity contribution in [3.63, 3.8) is 0 Å². The van der Waals surface area contributed by atoms with Gasteiger partial charge in [0.1, 0.15) is 11.5 Å². The molecule has 2 rings (SSSR count). The van der Waals surface area contributed by atoms with Crippen LogP contribution in [0.3, 0.4) is 0 Å². The Labute approximate surface area is 261 Å². The van der Waals surface area contributed by atoms with E-state index < -0.39 is 0 Å². The molecule has 0 unspecified atom stereocenters. The Kier molecular flexibility index (Phi) is 12.9. The standard InChI is InChI=1S/C19H30O3.C18H28O3/c1-8-22-16(20)10-9-13-11-14(18(2,3)4)17(21)15(12-13)19(5,6)7;1-17(2,3)13-10-12(8-9-15(19)21-7)11-14(16(13)20)18(4,5)6/h11-12,21H,8-10H2,1-7H3;10-11,20H,8-9H2,1-7H3. The Hall–Kier alpha value is -3.02. The lowest BCUT2D eigenvalue weighted by Gasteiger charge is -2.28. The fraction of sp³-hybridized carbons (Fsp3) is 0.622. The summed E-state index contributed by atoms with van der Waals surface area (Å²) in [7, 11) is 1.40. The second-order valence-electron chi connectivity index (χ2n) is 15.5. The van der Waals surface area contributed by atoms with Crippen LogP contribution in [-0.2, 0) is 53.6 Å². The molecule has 0 saturated carbocycles. The molecule has 0 aliphatic carbocycles. The van der Waals surface area contributed by atoms with Crippen molar-refractivity contribution in [3.05, 3.63) is 57.6 Å². The van der Waals surface area contributed by atoms with Crippen molar-refractivity contribution < 1.29 is 29.3 Å². The number of rotatable bonds is 7. The van der Waals surface area contributed by atoms with Crippen LogP contribution in [0.4, 0.5) is 0 Å². The van der Waals surface area contributed by atoms with Crippen molar-refractivity contribution in [1.82, 2.24) is 0 Å². The zero-order valence-electron chi connectivity index (χ0n) is 29.4. The summed E-state index contributed by atoms with van der Waals surface area (Å²) in [6.45, 7) is 27.2. The summed E-state index contributed by atoms with van der Waals surface area (Å²) < 4.78 is 9.70. The zero-order valence-corrected chi connectivity index (χ0v) is 29.4. The maximum atomic E-state index is 11.6. The van der Waals surface area contributed by atoms with E-state index in [1.165, 1.54) is 7.11 Å². The van der Waals surface area contributed by atoms with Gasteiger partial charge in [-0.05, 0) is 74.8 Å². The van der Waals surface area contributed by atoms with Gasteiger partial charge >= 0.3 is 11.9 Å². The van der Waals surface area contributed by atoms with Crippen molar-refractivity contribution in [1.29, 1.82) is 0 Å². The number of hydrogen-bond acceptors (Lipinski definition) is 6. The highest BCUT2D eigenvalue weighted by atomic mass is 16.5. The number of hydrogen-bond donors (Lipinski definition) is 2. The molecule has 0 bridgehead atoms. The Morgan fingerprint density at radius 3 is 1.09 bits per heavy atom. The quantitative estimate of drug-likeness (QED) is 0.310. The van der Waals surface area contributed by atoms with Gasteiger partial charge in [-0.2, -0.15) is 0 Å².